The molecule has 2 aliphatic rings. The van der Waals surface area contributed by atoms with E-state index in [0.717, 1.165) is 50.4 Å². The van der Waals surface area contributed by atoms with Crippen LogP contribution in [-0.4, -0.2) is 42.4 Å². The fraction of sp³-hybridized carbons (Fsp3) is 0.500. The van der Waals surface area contributed by atoms with E-state index in [1.165, 1.54) is 16.7 Å². The van der Waals surface area contributed by atoms with Gasteiger partial charge in [0, 0.05) is 12.0 Å². The molecule has 1 aliphatic carbocycles. The number of methoxy groups -OCH3 is 1. The van der Waals surface area contributed by atoms with Crippen molar-refractivity contribution in [3.05, 3.63) is 59.2 Å². The van der Waals surface area contributed by atoms with Crippen LogP contribution in [0, 0.1) is 0 Å². The SMILES string of the molecule is COc1cc(CN2CCC3(CC2)c2ccccc2C[C@@H]3O)ccc1OC(C)C. The summed E-state index contributed by atoms with van der Waals surface area (Å²) in [4.78, 5) is 2.48. The van der Waals surface area contributed by atoms with Gasteiger partial charge >= 0.3 is 0 Å². The molecule has 0 radical (unpaired) electrons. The number of likely N-dealkylation sites (tertiary alicyclic amines) is 1. The summed E-state index contributed by atoms with van der Waals surface area (Å²) >= 11 is 0. The van der Waals surface area contributed by atoms with Gasteiger partial charge in [0.2, 0.25) is 0 Å². The molecule has 2 aromatic rings. The third-order valence-corrected chi connectivity index (χ3v) is 6.35. The summed E-state index contributed by atoms with van der Waals surface area (Å²) in [5, 5.41) is 10.8. The number of aliphatic hydroxyl groups is 1. The van der Waals surface area contributed by atoms with E-state index >= 15 is 0 Å². The summed E-state index contributed by atoms with van der Waals surface area (Å²) in [6.07, 6.45) is 2.69. The Kier molecular flexibility index (Phi) is 5.35. The van der Waals surface area contributed by atoms with Crippen LogP contribution in [0.25, 0.3) is 0 Å². The van der Waals surface area contributed by atoms with E-state index in [0.29, 0.717) is 0 Å². The van der Waals surface area contributed by atoms with Gasteiger partial charge in [-0.15, -0.1) is 0 Å². The van der Waals surface area contributed by atoms with Crippen molar-refractivity contribution < 1.29 is 14.6 Å². The molecular weight excluding hydrogens is 350 g/mol. The molecule has 4 rings (SSSR count). The molecule has 0 unspecified atom stereocenters. The Morgan fingerprint density at radius 2 is 1.86 bits per heavy atom. The van der Waals surface area contributed by atoms with Gasteiger partial charge in [0.25, 0.3) is 0 Å². The predicted octanol–water partition coefficient (Wildman–Crippen LogP) is 3.93. The van der Waals surface area contributed by atoms with Crippen LogP contribution in [0.3, 0.4) is 0 Å². The zero-order valence-electron chi connectivity index (χ0n) is 17.1. The Bertz CT molecular complexity index is 824. The number of rotatable bonds is 5. The van der Waals surface area contributed by atoms with Crippen LogP contribution in [0.15, 0.2) is 42.5 Å². The molecule has 1 aliphatic heterocycles. The zero-order chi connectivity index (χ0) is 19.7. The smallest absolute Gasteiger partial charge is 0.161 e. The van der Waals surface area contributed by atoms with E-state index < -0.39 is 0 Å². The van der Waals surface area contributed by atoms with Crippen molar-refractivity contribution in [3.63, 3.8) is 0 Å². The van der Waals surface area contributed by atoms with Crippen molar-refractivity contribution in [2.24, 2.45) is 0 Å². The summed E-state index contributed by atoms with van der Waals surface area (Å²) in [6, 6.07) is 14.8. The average Bonchev–Trinajstić information content (AvgIpc) is 2.96. The maximum Gasteiger partial charge on any atom is 0.161 e. The van der Waals surface area contributed by atoms with Gasteiger partial charge in [-0.05, 0) is 75.0 Å². The van der Waals surface area contributed by atoms with E-state index in [1.54, 1.807) is 7.11 Å². The first kappa shape index (κ1) is 19.3. The molecule has 0 aromatic heterocycles. The highest BCUT2D eigenvalue weighted by Gasteiger charge is 2.47. The van der Waals surface area contributed by atoms with Crippen LogP contribution in [-0.2, 0) is 18.4 Å². The molecule has 0 bridgehead atoms. The fourth-order valence-corrected chi connectivity index (χ4v) is 4.90. The number of ether oxygens (including phenoxy) is 2. The van der Waals surface area contributed by atoms with Crippen molar-refractivity contribution in [3.8, 4) is 11.5 Å². The summed E-state index contributed by atoms with van der Waals surface area (Å²) in [5.74, 6) is 1.59. The zero-order valence-corrected chi connectivity index (χ0v) is 17.1. The van der Waals surface area contributed by atoms with Crippen LogP contribution in [0.4, 0.5) is 0 Å². The molecule has 1 heterocycles. The van der Waals surface area contributed by atoms with Gasteiger partial charge in [0.15, 0.2) is 11.5 Å². The molecule has 4 nitrogen and oxygen atoms in total. The third-order valence-electron chi connectivity index (χ3n) is 6.35. The summed E-state index contributed by atoms with van der Waals surface area (Å²) in [5.41, 5.74) is 3.88. The normalized spacial score (nSPS) is 21.1. The molecule has 1 fully saturated rings. The van der Waals surface area contributed by atoms with Crippen LogP contribution in [0.2, 0.25) is 0 Å². The second kappa shape index (κ2) is 7.76. The standard InChI is InChI=1S/C24H31NO3/c1-17(2)28-21-9-8-18(14-22(21)27-3)16-25-12-10-24(11-13-25)20-7-5-4-6-19(20)15-23(24)26/h4-9,14,17,23,26H,10-13,15-16H2,1-3H3/t23-/m0/s1. The lowest BCUT2D eigenvalue weighted by atomic mass is 9.72. The first-order valence-electron chi connectivity index (χ1n) is 10.3. The molecule has 28 heavy (non-hydrogen) atoms. The van der Waals surface area contributed by atoms with Crippen molar-refractivity contribution in [1.82, 2.24) is 4.90 Å². The molecule has 1 spiro atoms. The Labute approximate surface area is 168 Å². The number of nitrogens with zero attached hydrogens (tertiary/aromatic N) is 1. The Hall–Kier alpha value is -2.04. The average molecular weight is 382 g/mol. The number of hydrogen-bond acceptors (Lipinski definition) is 4. The van der Waals surface area contributed by atoms with Gasteiger partial charge in [-0.2, -0.15) is 0 Å². The summed E-state index contributed by atoms with van der Waals surface area (Å²) < 4.78 is 11.4. The van der Waals surface area contributed by atoms with Gasteiger partial charge in [-0.25, -0.2) is 0 Å². The molecular formula is C24H31NO3. The van der Waals surface area contributed by atoms with Gasteiger partial charge < -0.3 is 14.6 Å². The van der Waals surface area contributed by atoms with E-state index in [4.69, 9.17) is 9.47 Å². The minimum absolute atomic E-state index is 0.0558. The van der Waals surface area contributed by atoms with Crippen molar-refractivity contribution in [2.45, 2.75) is 57.3 Å². The molecule has 1 saturated heterocycles. The van der Waals surface area contributed by atoms with Crippen LogP contribution in [0.1, 0.15) is 43.4 Å². The highest BCUT2D eigenvalue weighted by atomic mass is 16.5. The van der Waals surface area contributed by atoms with Gasteiger partial charge in [-0.3, -0.25) is 4.90 Å². The largest absolute Gasteiger partial charge is 0.493 e. The van der Waals surface area contributed by atoms with Crippen molar-refractivity contribution in [2.75, 3.05) is 20.2 Å². The Balaban J connectivity index is 1.44. The first-order valence-corrected chi connectivity index (χ1v) is 10.3. The fourth-order valence-electron chi connectivity index (χ4n) is 4.90. The maximum absolute atomic E-state index is 10.8. The molecule has 1 atom stereocenters. The van der Waals surface area contributed by atoms with Crippen molar-refractivity contribution in [1.29, 1.82) is 0 Å². The first-order chi connectivity index (χ1) is 13.5. The van der Waals surface area contributed by atoms with Crippen LogP contribution in [0.5, 0.6) is 11.5 Å². The topological polar surface area (TPSA) is 41.9 Å². The number of piperidine rings is 1. The Morgan fingerprint density at radius 1 is 1.11 bits per heavy atom. The minimum Gasteiger partial charge on any atom is -0.493 e. The number of benzene rings is 2. The Morgan fingerprint density at radius 3 is 2.57 bits per heavy atom. The van der Waals surface area contributed by atoms with E-state index in [1.807, 2.05) is 19.9 Å². The lowest BCUT2D eigenvalue weighted by molar-refractivity contribution is 0.0413. The monoisotopic (exact) mass is 381 g/mol. The van der Waals surface area contributed by atoms with Gasteiger partial charge in [0.1, 0.15) is 0 Å². The van der Waals surface area contributed by atoms with E-state index in [2.05, 4.69) is 41.3 Å². The minimum atomic E-state index is -0.250. The number of fused-ring (bicyclic) bond motifs is 2. The number of hydrogen-bond donors (Lipinski definition) is 1. The quantitative estimate of drug-likeness (QED) is 0.852. The molecule has 2 aromatic carbocycles. The predicted molar refractivity (Wildman–Crippen MR) is 111 cm³/mol. The maximum atomic E-state index is 10.8. The molecule has 150 valence electrons. The van der Waals surface area contributed by atoms with Crippen molar-refractivity contribution >= 4 is 0 Å². The summed E-state index contributed by atoms with van der Waals surface area (Å²) in [6.45, 7) is 6.93. The van der Waals surface area contributed by atoms with E-state index in [-0.39, 0.29) is 17.6 Å². The molecule has 1 N–H and O–H groups in total. The molecule has 4 heteroatoms. The second-order valence-electron chi connectivity index (χ2n) is 8.46. The third kappa shape index (κ3) is 3.51. The number of aliphatic hydroxyl groups excluding tert-OH is 1. The molecule has 0 saturated carbocycles. The summed E-state index contributed by atoms with van der Waals surface area (Å²) in [7, 11) is 1.69. The second-order valence-corrected chi connectivity index (χ2v) is 8.46. The lowest BCUT2D eigenvalue weighted by Gasteiger charge is -2.42. The highest BCUT2D eigenvalue weighted by Crippen LogP contribution is 2.46. The highest BCUT2D eigenvalue weighted by molar-refractivity contribution is 5.44. The van der Waals surface area contributed by atoms with Gasteiger partial charge in [-0.1, -0.05) is 30.3 Å². The van der Waals surface area contributed by atoms with Crippen LogP contribution >= 0.6 is 0 Å². The van der Waals surface area contributed by atoms with Gasteiger partial charge in [0.05, 0.1) is 19.3 Å². The van der Waals surface area contributed by atoms with Crippen LogP contribution < -0.4 is 9.47 Å². The lowest BCUT2D eigenvalue weighted by Crippen LogP contribution is -2.47. The molecule has 0 amide bonds. The van der Waals surface area contributed by atoms with E-state index in [9.17, 15) is 5.11 Å².